The molecule has 0 N–H and O–H groups in total. The average molecular weight is 756 g/mol. The van der Waals surface area contributed by atoms with Gasteiger partial charge in [0, 0.05) is 0 Å². The van der Waals surface area contributed by atoms with Crippen molar-refractivity contribution in [2.24, 2.45) is 0 Å². The van der Waals surface area contributed by atoms with Crippen LogP contribution in [0.2, 0.25) is 0 Å². The second-order valence-electron chi connectivity index (χ2n) is 13.3. The number of hydrogen-bond donors (Lipinski definition) is 0. The molecule has 253 valence electrons. The summed E-state index contributed by atoms with van der Waals surface area (Å²) < 4.78 is 7.36. The number of aromatic nitrogens is 3. The number of benzene rings is 8. The number of hydrogen-bond acceptors (Lipinski definition) is 4. The first-order chi connectivity index (χ1) is 26.7. The molecule has 4 nitrogen and oxygen atoms in total. The third-order valence-corrected chi connectivity index (χ3v) is 11.0. The average Bonchev–Trinajstić information content (AvgIpc) is 3.63. The fourth-order valence-electron chi connectivity index (χ4n) is 7.51. The Kier molecular flexibility index (Phi) is 7.95. The quantitative estimate of drug-likeness (QED) is 0.159. The molecule has 1 radical (unpaired) electrons. The van der Waals surface area contributed by atoms with E-state index in [0.717, 1.165) is 70.6 Å². The van der Waals surface area contributed by atoms with Gasteiger partial charge in [-0.1, -0.05) is 24.3 Å². The molecule has 0 bridgehead atoms. The van der Waals surface area contributed by atoms with E-state index in [1.54, 1.807) is 0 Å². The minimum atomic E-state index is 0.597. The number of furan rings is 1. The van der Waals surface area contributed by atoms with Crippen molar-refractivity contribution in [2.45, 2.75) is 0 Å². The predicted octanol–water partition coefficient (Wildman–Crippen LogP) is 11.7. The van der Waals surface area contributed by atoms with Gasteiger partial charge in [0.1, 0.15) is 5.58 Å². The maximum atomic E-state index is 6.26. The Morgan fingerprint density at radius 1 is 0.333 bits per heavy atom. The van der Waals surface area contributed by atoms with Crippen molar-refractivity contribution < 1.29 is 4.42 Å². The summed E-state index contributed by atoms with van der Waals surface area (Å²) in [5.41, 5.74) is 11.4. The molecule has 10 aromatic rings. The second-order valence-corrected chi connectivity index (χ2v) is 14.1. The normalized spacial score (nSPS) is 11.4. The van der Waals surface area contributed by atoms with E-state index in [1.807, 2.05) is 60.7 Å². The van der Waals surface area contributed by atoms with Gasteiger partial charge < -0.3 is 4.42 Å². The molecule has 0 spiro atoms. The monoisotopic (exact) mass is 756 g/mol. The second kappa shape index (κ2) is 13.4. The van der Waals surface area contributed by atoms with Gasteiger partial charge in [-0.05, 0) is 12.1 Å². The molecule has 5 heteroatoms. The van der Waals surface area contributed by atoms with E-state index in [9.17, 15) is 0 Å². The van der Waals surface area contributed by atoms with Crippen LogP contribution in [-0.4, -0.2) is 31.0 Å². The summed E-state index contributed by atoms with van der Waals surface area (Å²) in [4.78, 5) is 15.4. The summed E-state index contributed by atoms with van der Waals surface area (Å²) in [5, 5.41) is 4.20. The molecule has 0 aliphatic rings. The van der Waals surface area contributed by atoms with Crippen LogP contribution in [0.5, 0.6) is 0 Å². The zero-order chi connectivity index (χ0) is 36.0. The number of fused-ring (bicyclic) bond motifs is 4. The third kappa shape index (κ3) is 5.59. The van der Waals surface area contributed by atoms with Crippen LogP contribution >= 0.6 is 0 Å². The molecule has 0 aliphatic heterocycles. The van der Waals surface area contributed by atoms with Crippen LogP contribution in [0.3, 0.4) is 0 Å². The third-order valence-electron chi connectivity index (χ3n) is 10.1. The molecule has 54 heavy (non-hydrogen) atoms. The zero-order valence-electron chi connectivity index (χ0n) is 29.0. The SMILES string of the molecule is [Se]c1c(-c2cccc(-c3ccccc3)c2)cccc1-c1cccc2c(-c3nc(-c4ccccc4)nc(-c4cccc5oc6ccccc6c45)n3)cccc12. The molecule has 0 aliphatic carbocycles. The first kappa shape index (κ1) is 32.0. The number of nitrogens with zero attached hydrogens (tertiary/aromatic N) is 3. The van der Waals surface area contributed by atoms with E-state index in [1.165, 1.54) is 16.7 Å². The minimum absolute atomic E-state index is 0.597. The Labute approximate surface area is 320 Å². The Bertz CT molecular complexity index is 3010. The Morgan fingerprint density at radius 2 is 0.833 bits per heavy atom. The fourth-order valence-corrected chi connectivity index (χ4v) is 8.27. The summed E-state index contributed by atoms with van der Waals surface area (Å²) >= 11 is 3.44. The van der Waals surface area contributed by atoms with E-state index >= 15 is 0 Å². The van der Waals surface area contributed by atoms with Crippen molar-refractivity contribution in [3.05, 3.63) is 182 Å². The molecule has 0 atom stereocenters. The number of para-hydroxylation sites is 1. The molecule has 8 aromatic carbocycles. The zero-order valence-corrected chi connectivity index (χ0v) is 30.7. The standard InChI is InChI=1S/C49H30N3OSe/c54-46-35(34-19-9-18-33(30-34)31-14-3-1-4-15-31)21-10-25-39(46)37-23-11-24-38-36(37)22-12-26-40(38)48-50-47(32-16-5-2-6-17-32)51-49(52-48)42-27-13-29-44-45(42)41-20-7-8-28-43(41)53-44/h1-30H. The summed E-state index contributed by atoms with van der Waals surface area (Å²) in [6.07, 6.45) is 0. The number of rotatable bonds is 6. The summed E-state index contributed by atoms with van der Waals surface area (Å²) in [6, 6.07) is 63.0. The summed E-state index contributed by atoms with van der Waals surface area (Å²) in [6.45, 7) is 0. The van der Waals surface area contributed by atoms with Crippen LogP contribution in [0, 0.1) is 0 Å². The first-order valence-electron chi connectivity index (χ1n) is 17.9. The molecule has 0 amide bonds. The van der Waals surface area contributed by atoms with Crippen molar-refractivity contribution in [1.29, 1.82) is 0 Å². The van der Waals surface area contributed by atoms with Crippen molar-refractivity contribution in [2.75, 3.05) is 0 Å². The molecule has 0 saturated heterocycles. The first-order valence-corrected chi connectivity index (χ1v) is 18.8. The van der Waals surface area contributed by atoms with Crippen LogP contribution in [0.4, 0.5) is 0 Å². The molecule has 10 rings (SSSR count). The molecular formula is C49H30N3OSe. The van der Waals surface area contributed by atoms with Gasteiger partial charge >= 0.3 is 276 Å². The van der Waals surface area contributed by atoms with Crippen molar-refractivity contribution >= 4 is 53.2 Å². The predicted molar refractivity (Wildman–Crippen MR) is 223 cm³/mol. The van der Waals surface area contributed by atoms with Crippen molar-refractivity contribution in [3.63, 3.8) is 0 Å². The van der Waals surface area contributed by atoms with Gasteiger partial charge in [0.25, 0.3) is 0 Å². The van der Waals surface area contributed by atoms with E-state index in [4.69, 9.17) is 19.4 Å². The molecular weight excluding hydrogens is 726 g/mol. The molecule has 0 unspecified atom stereocenters. The van der Waals surface area contributed by atoms with E-state index < -0.39 is 0 Å². The van der Waals surface area contributed by atoms with Gasteiger partial charge in [0.2, 0.25) is 0 Å². The van der Waals surface area contributed by atoms with Gasteiger partial charge in [-0.3, -0.25) is 0 Å². The van der Waals surface area contributed by atoms with E-state index in [2.05, 4.69) is 137 Å². The molecule has 0 fully saturated rings. The fraction of sp³-hybridized carbons (Fsp3) is 0. The van der Waals surface area contributed by atoms with Crippen LogP contribution < -0.4 is 4.46 Å². The van der Waals surface area contributed by atoms with Crippen molar-refractivity contribution in [1.82, 2.24) is 15.0 Å². The Morgan fingerprint density at radius 3 is 1.65 bits per heavy atom. The maximum absolute atomic E-state index is 6.26. The molecule has 2 heterocycles. The van der Waals surface area contributed by atoms with Crippen LogP contribution in [-0.2, 0) is 0 Å². The van der Waals surface area contributed by atoms with Crippen LogP contribution in [0.25, 0.3) is 100 Å². The van der Waals surface area contributed by atoms with Gasteiger partial charge in [-0.25, -0.2) is 0 Å². The molecule has 2 aromatic heterocycles. The van der Waals surface area contributed by atoms with E-state index in [-0.39, 0.29) is 0 Å². The Hall–Kier alpha value is -6.65. The van der Waals surface area contributed by atoms with Gasteiger partial charge in [-0.15, -0.1) is 0 Å². The Balaban J connectivity index is 1.14. The molecule has 0 saturated carbocycles. The van der Waals surface area contributed by atoms with Gasteiger partial charge in [-0.2, -0.15) is 0 Å². The van der Waals surface area contributed by atoms with E-state index in [0.29, 0.717) is 17.5 Å². The van der Waals surface area contributed by atoms with Crippen LogP contribution in [0.1, 0.15) is 0 Å². The topological polar surface area (TPSA) is 51.8 Å². The van der Waals surface area contributed by atoms with Crippen molar-refractivity contribution in [3.8, 4) is 67.5 Å². The van der Waals surface area contributed by atoms with Gasteiger partial charge in [0.05, 0.1) is 0 Å². The summed E-state index contributed by atoms with van der Waals surface area (Å²) in [5.74, 6) is 1.82. The summed E-state index contributed by atoms with van der Waals surface area (Å²) in [7, 11) is 0. The van der Waals surface area contributed by atoms with Gasteiger partial charge in [0.15, 0.2) is 0 Å². The van der Waals surface area contributed by atoms with Crippen LogP contribution in [0.15, 0.2) is 186 Å².